The van der Waals surface area contributed by atoms with Gasteiger partial charge in [-0.1, -0.05) is 30.3 Å². The number of ether oxygens (including phenoxy) is 3. The first-order valence-corrected chi connectivity index (χ1v) is 13.6. The van der Waals surface area contributed by atoms with Gasteiger partial charge >= 0.3 is 5.97 Å². The van der Waals surface area contributed by atoms with Crippen molar-refractivity contribution in [1.29, 1.82) is 0 Å². The molecular weight excluding hydrogens is 570 g/mol. The molecule has 0 radical (unpaired) electrons. The molecule has 0 N–H and O–H groups in total. The summed E-state index contributed by atoms with van der Waals surface area (Å²) < 4.78 is 46.0. The van der Waals surface area contributed by atoms with E-state index < -0.39 is 28.9 Å². The van der Waals surface area contributed by atoms with Gasteiger partial charge in [0.1, 0.15) is 35.3 Å². The number of amides is 1. The van der Waals surface area contributed by atoms with Gasteiger partial charge in [-0.15, -0.1) is 0 Å². The molecule has 0 aliphatic rings. The number of halogens is 2. The maximum absolute atomic E-state index is 14.1. The van der Waals surface area contributed by atoms with Crippen LogP contribution in [0, 0.1) is 11.6 Å². The lowest BCUT2D eigenvalue weighted by molar-refractivity contribution is 0.0600. The molecule has 0 saturated heterocycles. The average Bonchev–Trinajstić information content (AvgIpc) is 3.03. The van der Waals surface area contributed by atoms with Gasteiger partial charge in [0.2, 0.25) is 5.43 Å². The van der Waals surface area contributed by atoms with Crippen LogP contribution in [0.2, 0.25) is 0 Å². The topological polar surface area (TPSA) is 87.1 Å². The Labute approximate surface area is 251 Å². The number of benzene rings is 4. The summed E-state index contributed by atoms with van der Waals surface area (Å²) in [7, 11) is 2.68. The zero-order chi connectivity index (χ0) is 31.4. The van der Waals surface area contributed by atoms with E-state index in [1.165, 1.54) is 32.5 Å². The fraction of sp³-hybridized carbons (Fsp3) is 0.147. The van der Waals surface area contributed by atoms with Crippen LogP contribution >= 0.6 is 0 Å². The van der Waals surface area contributed by atoms with Crippen LogP contribution in [0.5, 0.6) is 11.5 Å². The molecule has 4 aromatic carbocycles. The Hall–Kier alpha value is -5.51. The second-order valence-electron chi connectivity index (χ2n) is 9.78. The number of nitrogens with zero attached hydrogens (tertiary/aromatic N) is 2. The Balaban J connectivity index is 1.71. The molecule has 1 heterocycles. The number of esters is 1. The normalized spacial score (nSPS) is 10.8. The zero-order valence-corrected chi connectivity index (χ0v) is 24.2. The van der Waals surface area contributed by atoms with Crippen LogP contribution in [0.3, 0.4) is 0 Å². The van der Waals surface area contributed by atoms with E-state index in [9.17, 15) is 23.2 Å². The highest BCUT2D eigenvalue weighted by Gasteiger charge is 2.24. The smallest absolute Gasteiger partial charge is 0.338 e. The van der Waals surface area contributed by atoms with Gasteiger partial charge in [0.05, 0.1) is 31.0 Å². The first kappa shape index (κ1) is 30.0. The van der Waals surface area contributed by atoms with E-state index >= 15 is 0 Å². The molecule has 1 aromatic heterocycles. The van der Waals surface area contributed by atoms with Crippen LogP contribution in [0.1, 0.15) is 33.2 Å². The molecule has 1 amide bonds. The molecule has 0 aliphatic heterocycles. The summed E-state index contributed by atoms with van der Waals surface area (Å²) in [5.41, 5.74) is 0.968. The molecule has 0 aliphatic carbocycles. The second kappa shape index (κ2) is 12.8. The van der Waals surface area contributed by atoms with Gasteiger partial charge in [-0.2, -0.15) is 0 Å². The van der Waals surface area contributed by atoms with Gasteiger partial charge in [-0.05, 0) is 48.9 Å². The number of methoxy groups -OCH3 is 2. The monoisotopic (exact) mass is 598 g/mol. The standard InChI is InChI=1S/C34H28F2N2O6/c1-4-37(26-15-23(35)14-24(36)16-26)33(40)30-19-38(25-12-22(34(41)43-3)13-28(17-25)42-2)31-18-27(10-11-29(31)32(30)39)44-20-21-8-6-5-7-9-21/h5-19H,4,20H2,1-3H3. The van der Waals surface area contributed by atoms with Crippen molar-refractivity contribution in [2.75, 3.05) is 25.7 Å². The Morgan fingerprint density at radius 1 is 0.864 bits per heavy atom. The number of carbonyl (C=O) groups excluding carboxylic acids is 2. The minimum Gasteiger partial charge on any atom is -0.497 e. The number of fused-ring (bicyclic) bond motifs is 1. The Bertz CT molecular complexity index is 1900. The molecule has 224 valence electrons. The second-order valence-corrected chi connectivity index (χ2v) is 9.78. The maximum atomic E-state index is 14.1. The number of hydrogen-bond donors (Lipinski definition) is 0. The van der Waals surface area contributed by atoms with Crippen molar-refractivity contribution in [3.63, 3.8) is 0 Å². The molecule has 5 aromatic rings. The summed E-state index contributed by atoms with van der Waals surface area (Å²) in [6, 6.07) is 21.8. The summed E-state index contributed by atoms with van der Waals surface area (Å²) in [5.74, 6) is -2.34. The highest BCUT2D eigenvalue weighted by atomic mass is 19.1. The highest BCUT2D eigenvalue weighted by Crippen LogP contribution is 2.28. The van der Waals surface area contributed by atoms with E-state index in [0.717, 1.165) is 22.6 Å². The van der Waals surface area contributed by atoms with Crippen molar-refractivity contribution < 1.29 is 32.6 Å². The van der Waals surface area contributed by atoms with E-state index in [4.69, 9.17) is 14.2 Å². The number of carbonyl (C=O) groups is 2. The molecule has 10 heteroatoms. The van der Waals surface area contributed by atoms with Crippen LogP contribution in [-0.2, 0) is 11.3 Å². The van der Waals surface area contributed by atoms with Crippen molar-refractivity contribution in [2.24, 2.45) is 0 Å². The molecule has 0 atom stereocenters. The zero-order valence-electron chi connectivity index (χ0n) is 24.2. The van der Waals surface area contributed by atoms with Crippen molar-refractivity contribution >= 4 is 28.5 Å². The summed E-state index contributed by atoms with van der Waals surface area (Å²) in [4.78, 5) is 41.3. The minimum absolute atomic E-state index is 0.0249. The van der Waals surface area contributed by atoms with Crippen LogP contribution < -0.4 is 19.8 Å². The molecular formula is C34H28F2N2O6. The molecule has 0 spiro atoms. The van der Waals surface area contributed by atoms with E-state index in [1.54, 1.807) is 35.8 Å². The summed E-state index contributed by atoms with van der Waals surface area (Å²) in [6.07, 6.45) is 1.34. The van der Waals surface area contributed by atoms with Crippen molar-refractivity contribution in [1.82, 2.24) is 4.57 Å². The Kier molecular flexibility index (Phi) is 8.71. The van der Waals surface area contributed by atoms with Gasteiger partial charge in [0.15, 0.2) is 0 Å². The molecule has 0 unspecified atom stereocenters. The van der Waals surface area contributed by atoms with E-state index in [0.29, 0.717) is 28.8 Å². The minimum atomic E-state index is -0.864. The number of pyridine rings is 1. The lowest BCUT2D eigenvalue weighted by atomic mass is 10.1. The van der Waals surface area contributed by atoms with E-state index in [1.807, 2.05) is 30.3 Å². The van der Waals surface area contributed by atoms with Crippen molar-refractivity contribution in [2.45, 2.75) is 13.5 Å². The highest BCUT2D eigenvalue weighted by molar-refractivity contribution is 6.07. The first-order chi connectivity index (χ1) is 21.2. The molecule has 0 bridgehead atoms. The molecule has 0 saturated carbocycles. The van der Waals surface area contributed by atoms with Gasteiger partial charge in [-0.25, -0.2) is 13.6 Å². The predicted molar refractivity (Wildman–Crippen MR) is 162 cm³/mol. The SMILES string of the molecule is CCN(C(=O)c1cn(-c2cc(OC)cc(C(=O)OC)c2)c2cc(OCc3ccccc3)ccc2c1=O)c1cc(F)cc(F)c1. The van der Waals surface area contributed by atoms with E-state index in [2.05, 4.69) is 0 Å². The number of aromatic nitrogens is 1. The number of rotatable bonds is 9. The van der Waals surface area contributed by atoms with Gasteiger partial charge in [-0.3, -0.25) is 9.59 Å². The van der Waals surface area contributed by atoms with Crippen LogP contribution in [0.4, 0.5) is 14.5 Å². The summed E-state index contributed by atoms with van der Waals surface area (Å²) in [5, 5.41) is 0.173. The lowest BCUT2D eigenvalue weighted by Crippen LogP contribution is -2.35. The fourth-order valence-electron chi connectivity index (χ4n) is 4.86. The Morgan fingerprint density at radius 3 is 2.25 bits per heavy atom. The molecule has 8 nitrogen and oxygen atoms in total. The fourth-order valence-corrected chi connectivity index (χ4v) is 4.86. The van der Waals surface area contributed by atoms with Crippen LogP contribution in [0.15, 0.2) is 95.9 Å². The summed E-state index contributed by atoms with van der Waals surface area (Å²) in [6.45, 7) is 1.92. The third-order valence-electron chi connectivity index (χ3n) is 7.00. The predicted octanol–water partition coefficient (Wildman–Crippen LogP) is 6.31. The Morgan fingerprint density at radius 2 is 1.59 bits per heavy atom. The van der Waals surface area contributed by atoms with Crippen molar-refractivity contribution in [3.8, 4) is 17.2 Å². The number of hydrogen-bond acceptors (Lipinski definition) is 6. The van der Waals surface area contributed by atoms with E-state index in [-0.39, 0.29) is 35.4 Å². The van der Waals surface area contributed by atoms with Gasteiger partial charge in [0, 0.05) is 42.0 Å². The number of anilines is 1. The average molecular weight is 599 g/mol. The molecule has 5 rings (SSSR count). The van der Waals surface area contributed by atoms with Gasteiger partial charge < -0.3 is 23.7 Å². The third kappa shape index (κ3) is 6.14. The van der Waals surface area contributed by atoms with Crippen LogP contribution in [-0.4, -0.2) is 37.2 Å². The first-order valence-electron chi connectivity index (χ1n) is 13.6. The van der Waals surface area contributed by atoms with Crippen molar-refractivity contribution in [3.05, 3.63) is 130 Å². The largest absolute Gasteiger partial charge is 0.497 e. The third-order valence-corrected chi connectivity index (χ3v) is 7.00. The quantitative estimate of drug-likeness (QED) is 0.185. The lowest BCUT2D eigenvalue weighted by Gasteiger charge is -2.22. The molecule has 44 heavy (non-hydrogen) atoms. The van der Waals surface area contributed by atoms with Gasteiger partial charge in [0.25, 0.3) is 5.91 Å². The molecule has 0 fully saturated rings. The van der Waals surface area contributed by atoms with Crippen LogP contribution in [0.25, 0.3) is 16.6 Å². The summed E-state index contributed by atoms with van der Waals surface area (Å²) >= 11 is 0. The maximum Gasteiger partial charge on any atom is 0.338 e.